The molecule has 0 amide bonds. The summed E-state index contributed by atoms with van der Waals surface area (Å²) in [5.41, 5.74) is 7.76. The summed E-state index contributed by atoms with van der Waals surface area (Å²) >= 11 is 0. The molecular weight excluding hydrogens is 342 g/mol. The number of H-pyrrole nitrogens is 1. The van der Waals surface area contributed by atoms with Crippen LogP contribution in [0.3, 0.4) is 0 Å². The number of pyridine rings is 1. The normalized spacial score (nSPS) is 15.8. The molecule has 2 heterocycles. The van der Waals surface area contributed by atoms with E-state index < -0.39 is 5.92 Å². The van der Waals surface area contributed by atoms with Crippen molar-refractivity contribution in [1.82, 2.24) is 4.98 Å². The molecule has 6 nitrogen and oxygen atoms in total. The molecule has 3 aromatic rings. The first kappa shape index (κ1) is 16.7. The molecule has 4 rings (SSSR count). The molecule has 0 saturated heterocycles. The van der Waals surface area contributed by atoms with Gasteiger partial charge in [0.2, 0.25) is 5.88 Å². The van der Waals surface area contributed by atoms with Crippen molar-refractivity contribution in [1.29, 1.82) is 5.26 Å². The van der Waals surface area contributed by atoms with E-state index in [1.54, 1.807) is 6.07 Å². The van der Waals surface area contributed by atoms with Crippen LogP contribution in [0.5, 0.6) is 11.5 Å². The number of aromatic amines is 1. The average Bonchev–Trinajstić information content (AvgIpc) is 2.68. The van der Waals surface area contributed by atoms with Crippen LogP contribution in [0, 0.1) is 11.3 Å². The number of nitrogens with zero attached hydrogens (tertiary/aromatic N) is 1. The topological polar surface area (TPSA) is 101 Å². The zero-order valence-electron chi connectivity index (χ0n) is 14.7. The number of nitrogens with two attached hydrogens (primary N) is 1. The molecular formula is C21H17N3O3. The number of para-hydroxylation sites is 1. The van der Waals surface area contributed by atoms with Gasteiger partial charge in [0.25, 0.3) is 5.56 Å². The number of hydrogen-bond donors (Lipinski definition) is 2. The zero-order valence-corrected chi connectivity index (χ0v) is 14.7. The third kappa shape index (κ3) is 2.70. The highest BCUT2D eigenvalue weighted by atomic mass is 16.5. The molecule has 0 saturated carbocycles. The van der Waals surface area contributed by atoms with E-state index in [2.05, 4.69) is 11.1 Å². The van der Waals surface area contributed by atoms with Gasteiger partial charge in [-0.3, -0.25) is 4.79 Å². The third-order valence-electron chi connectivity index (χ3n) is 4.61. The standard InChI is InChI=1S/C21H17N3O3/c1-2-26-13-9-7-12(8-10-13)17-15(11-22)20(23)27-19-14-5-3-4-6-16(14)24-21(25)18(17)19/h3-10,17H,2,23H2,1H3,(H,24,25)/t17-/m1/s1. The van der Waals surface area contributed by atoms with Crippen molar-refractivity contribution in [2.75, 3.05) is 6.61 Å². The van der Waals surface area contributed by atoms with Gasteiger partial charge in [-0.25, -0.2) is 0 Å². The van der Waals surface area contributed by atoms with Crippen molar-refractivity contribution in [3.8, 4) is 17.6 Å². The number of ether oxygens (including phenoxy) is 2. The Bertz CT molecular complexity index is 1150. The quantitative estimate of drug-likeness (QED) is 0.748. The van der Waals surface area contributed by atoms with Gasteiger partial charge < -0.3 is 20.2 Å². The largest absolute Gasteiger partial charge is 0.494 e. The van der Waals surface area contributed by atoms with Crippen molar-refractivity contribution in [2.24, 2.45) is 5.73 Å². The summed E-state index contributed by atoms with van der Waals surface area (Å²) in [5.74, 6) is 0.517. The summed E-state index contributed by atoms with van der Waals surface area (Å²) in [6.45, 7) is 2.46. The van der Waals surface area contributed by atoms with Crippen molar-refractivity contribution < 1.29 is 9.47 Å². The molecule has 1 aromatic heterocycles. The van der Waals surface area contributed by atoms with Gasteiger partial charge in [0, 0.05) is 5.39 Å². The Morgan fingerprint density at radius 1 is 1.22 bits per heavy atom. The van der Waals surface area contributed by atoms with Crippen LogP contribution in [0.2, 0.25) is 0 Å². The molecule has 1 aliphatic heterocycles. The third-order valence-corrected chi connectivity index (χ3v) is 4.61. The molecule has 0 fully saturated rings. The fraction of sp³-hybridized carbons (Fsp3) is 0.143. The van der Waals surface area contributed by atoms with E-state index in [1.807, 2.05) is 49.4 Å². The number of nitriles is 1. The second kappa shape index (κ2) is 6.54. The molecule has 3 N–H and O–H groups in total. The van der Waals surface area contributed by atoms with Gasteiger partial charge in [-0.1, -0.05) is 24.3 Å². The Morgan fingerprint density at radius 2 is 1.96 bits per heavy atom. The van der Waals surface area contributed by atoms with E-state index in [9.17, 15) is 10.1 Å². The van der Waals surface area contributed by atoms with Crippen molar-refractivity contribution >= 4 is 10.9 Å². The Labute approximate surface area is 155 Å². The minimum atomic E-state index is -0.609. The Morgan fingerprint density at radius 3 is 2.67 bits per heavy atom. The van der Waals surface area contributed by atoms with E-state index in [0.29, 0.717) is 23.4 Å². The number of rotatable bonds is 3. The number of fused-ring (bicyclic) bond motifs is 3. The number of hydrogen-bond acceptors (Lipinski definition) is 5. The van der Waals surface area contributed by atoms with Gasteiger partial charge in [0.15, 0.2) is 0 Å². The highest BCUT2D eigenvalue weighted by Gasteiger charge is 2.34. The second-order valence-corrected chi connectivity index (χ2v) is 6.17. The fourth-order valence-corrected chi connectivity index (χ4v) is 3.43. The van der Waals surface area contributed by atoms with E-state index in [1.165, 1.54) is 0 Å². The summed E-state index contributed by atoms with van der Waals surface area (Å²) < 4.78 is 11.2. The van der Waals surface area contributed by atoms with E-state index in [4.69, 9.17) is 15.2 Å². The highest BCUT2D eigenvalue weighted by Crippen LogP contribution is 2.43. The van der Waals surface area contributed by atoms with Crippen molar-refractivity contribution in [2.45, 2.75) is 12.8 Å². The molecule has 0 bridgehead atoms. The lowest BCUT2D eigenvalue weighted by molar-refractivity contribution is 0.340. The maximum absolute atomic E-state index is 12.9. The Hall–Kier alpha value is -3.72. The first-order chi connectivity index (χ1) is 13.1. The summed E-state index contributed by atoms with van der Waals surface area (Å²) in [6, 6.07) is 16.7. The van der Waals surface area contributed by atoms with E-state index >= 15 is 0 Å². The van der Waals surface area contributed by atoms with Gasteiger partial charge in [0.05, 0.1) is 23.6 Å². The summed E-state index contributed by atoms with van der Waals surface area (Å²) in [4.78, 5) is 15.7. The van der Waals surface area contributed by atoms with E-state index in [0.717, 1.165) is 16.7 Å². The fourth-order valence-electron chi connectivity index (χ4n) is 3.43. The lowest BCUT2D eigenvalue weighted by Crippen LogP contribution is -2.27. The molecule has 27 heavy (non-hydrogen) atoms. The average molecular weight is 359 g/mol. The summed E-state index contributed by atoms with van der Waals surface area (Å²) in [6.07, 6.45) is 0. The predicted molar refractivity (Wildman–Crippen MR) is 101 cm³/mol. The minimum Gasteiger partial charge on any atom is -0.494 e. The lowest BCUT2D eigenvalue weighted by Gasteiger charge is -2.26. The number of aromatic nitrogens is 1. The van der Waals surface area contributed by atoms with Crippen LogP contribution in [0.4, 0.5) is 0 Å². The van der Waals surface area contributed by atoms with Crippen LogP contribution < -0.4 is 20.8 Å². The summed E-state index contributed by atoms with van der Waals surface area (Å²) in [5, 5.41) is 10.4. The molecule has 1 atom stereocenters. The predicted octanol–water partition coefficient (Wildman–Crippen LogP) is 3.14. The number of nitrogens with one attached hydrogen (secondary N) is 1. The monoisotopic (exact) mass is 359 g/mol. The van der Waals surface area contributed by atoms with Crippen LogP contribution in [0.15, 0.2) is 64.8 Å². The Kier molecular flexibility index (Phi) is 4.05. The van der Waals surface area contributed by atoms with Crippen LogP contribution in [0.25, 0.3) is 10.9 Å². The van der Waals surface area contributed by atoms with Gasteiger partial charge in [-0.15, -0.1) is 0 Å². The molecule has 0 unspecified atom stereocenters. The van der Waals surface area contributed by atoms with Crippen LogP contribution in [-0.4, -0.2) is 11.6 Å². The maximum Gasteiger partial charge on any atom is 0.256 e. The van der Waals surface area contributed by atoms with Crippen LogP contribution in [0.1, 0.15) is 24.0 Å². The van der Waals surface area contributed by atoms with E-state index in [-0.39, 0.29) is 17.0 Å². The van der Waals surface area contributed by atoms with Gasteiger partial charge in [-0.05, 0) is 36.8 Å². The van der Waals surface area contributed by atoms with Gasteiger partial charge >= 0.3 is 0 Å². The van der Waals surface area contributed by atoms with Crippen molar-refractivity contribution in [3.05, 3.63) is 81.5 Å². The van der Waals surface area contributed by atoms with Crippen LogP contribution >= 0.6 is 0 Å². The Balaban J connectivity index is 1.97. The maximum atomic E-state index is 12.9. The number of benzene rings is 2. The van der Waals surface area contributed by atoms with Crippen molar-refractivity contribution in [3.63, 3.8) is 0 Å². The van der Waals surface area contributed by atoms with Gasteiger partial charge in [0.1, 0.15) is 23.1 Å². The molecule has 0 spiro atoms. The molecule has 6 heteroatoms. The SMILES string of the molecule is CCOc1ccc([C@@H]2C(C#N)=C(N)Oc3c2c(=O)[nH]c2ccccc32)cc1. The highest BCUT2D eigenvalue weighted by molar-refractivity contribution is 5.87. The van der Waals surface area contributed by atoms with Crippen LogP contribution in [-0.2, 0) is 0 Å². The first-order valence-corrected chi connectivity index (χ1v) is 8.59. The molecule has 134 valence electrons. The lowest BCUT2D eigenvalue weighted by atomic mass is 9.83. The minimum absolute atomic E-state index is 0.0136. The smallest absolute Gasteiger partial charge is 0.256 e. The molecule has 0 aliphatic carbocycles. The molecule has 2 aromatic carbocycles. The van der Waals surface area contributed by atoms with Gasteiger partial charge in [-0.2, -0.15) is 5.26 Å². The first-order valence-electron chi connectivity index (χ1n) is 8.59. The number of allylic oxidation sites excluding steroid dienone is 1. The zero-order chi connectivity index (χ0) is 19.0. The second-order valence-electron chi connectivity index (χ2n) is 6.17. The summed E-state index contributed by atoms with van der Waals surface area (Å²) in [7, 11) is 0. The molecule has 0 radical (unpaired) electrons. The molecule has 1 aliphatic rings.